The fourth-order valence-electron chi connectivity index (χ4n) is 5.17. The molecule has 0 spiro atoms. The Kier molecular flexibility index (Phi) is 7.79. The number of Topliss-reactive ketones (excluding diaryl/α,β-unsaturated/α-hetero) is 2. The van der Waals surface area contributed by atoms with Crippen molar-refractivity contribution in [1.29, 1.82) is 0 Å². The summed E-state index contributed by atoms with van der Waals surface area (Å²) in [5.41, 5.74) is -0.160. The highest BCUT2D eigenvalue weighted by Crippen LogP contribution is 2.55. The number of carbonyl (C=O) groups is 4. The molecule has 0 aromatic rings. The van der Waals surface area contributed by atoms with Crippen LogP contribution in [0.15, 0.2) is 0 Å². The molecule has 0 amide bonds. The van der Waals surface area contributed by atoms with Gasteiger partial charge >= 0.3 is 11.9 Å². The zero-order valence-electron chi connectivity index (χ0n) is 17.6. The molecule has 2 saturated carbocycles. The van der Waals surface area contributed by atoms with E-state index in [1.54, 1.807) is 0 Å². The lowest BCUT2D eigenvalue weighted by molar-refractivity contribution is -0.155. The standard InChI is InChI=1S/C22H34O6/c1-14(27-15(2)23)6-5-7-17(25)8-9-18-19-10-11-21(28-16(3)24)22(19,4)13-12-20(18)26/h14,18-19,21H,5-13H2,1-4H3. The summed E-state index contributed by atoms with van der Waals surface area (Å²) in [7, 11) is 0. The topological polar surface area (TPSA) is 86.7 Å². The molecular formula is C22H34O6. The summed E-state index contributed by atoms with van der Waals surface area (Å²) in [5, 5.41) is 0. The summed E-state index contributed by atoms with van der Waals surface area (Å²) >= 11 is 0. The molecule has 0 N–H and O–H groups in total. The second kappa shape index (κ2) is 9.66. The summed E-state index contributed by atoms with van der Waals surface area (Å²) < 4.78 is 10.6. The van der Waals surface area contributed by atoms with Gasteiger partial charge in [0.15, 0.2) is 0 Å². The highest BCUT2D eigenvalue weighted by atomic mass is 16.5. The van der Waals surface area contributed by atoms with Crippen LogP contribution in [0.25, 0.3) is 0 Å². The maximum Gasteiger partial charge on any atom is 0.302 e. The van der Waals surface area contributed by atoms with Crippen LogP contribution in [0.3, 0.4) is 0 Å². The molecule has 2 aliphatic rings. The quantitative estimate of drug-likeness (QED) is 0.553. The van der Waals surface area contributed by atoms with Gasteiger partial charge < -0.3 is 9.47 Å². The Morgan fingerprint density at radius 3 is 2.50 bits per heavy atom. The van der Waals surface area contributed by atoms with E-state index in [1.807, 2.05) is 6.92 Å². The maximum absolute atomic E-state index is 12.6. The van der Waals surface area contributed by atoms with Crippen LogP contribution >= 0.6 is 0 Å². The number of rotatable bonds is 9. The first kappa shape index (κ1) is 22.6. The van der Waals surface area contributed by atoms with Gasteiger partial charge in [0.2, 0.25) is 0 Å². The predicted molar refractivity (Wildman–Crippen MR) is 103 cm³/mol. The highest BCUT2D eigenvalue weighted by Gasteiger charge is 2.55. The van der Waals surface area contributed by atoms with E-state index in [4.69, 9.17) is 9.47 Å². The van der Waals surface area contributed by atoms with E-state index in [2.05, 4.69) is 6.92 Å². The largest absolute Gasteiger partial charge is 0.463 e. The fourth-order valence-corrected chi connectivity index (χ4v) is 5.17. The van der Waals surface area contributed by atoms with E-state index in [0.717, 1.165) is 19.3 Å². The molecule has 0 saturated heterocycles. The smallest absolute Gasteiger partial charge is 0.302 e. The zero-order valence-corrected chi connectivity index (χ0v) is 17.6. The van der Waals surface area contributed by atoms with Crippen molar-refractivity contribution in [2.24, 2.45) is 17.3 Å². The molecule has 0 aromatic heterocycles. The van der Waals surface area contributed by atoms with Crippen molar-refractivity contribution in [2.75, 3.05) is 0 Å². The molecule has 6 nitrogen and oxygen atoms in total. The van der Waals surface area contributed by atoms with Crippen LogP contribution < -0.4 is 0 Å². The van der Waals surface area contributed by atoms with Gasteiger partial charge in [-0.25, -0.2) is 0 Å². The number of ketones is 2. The van der Waals surface area contributed by atoms with E-state index in [1.165, 1.54) is 13.8 Å². The summed E-state index contributed by atoms with van der Waals surface area (Å²) in [4.78, 5) is 47.2. The van der Waals surface area contributed by atoms with Crippen LogP contribution in [0.2, 0.25) is 0 Å². The van der Waals surface area contributed by atoms with Gasteiger partial charge in [-0.1, -0.05) is 6.92 Å². The first-order valence-electron chi connectivity index (χ1n) is 10.5. The van der Waals surface area contributed by atoms with Gasteiger partial charge in [0.1, 0.15) is 17.7 Å². The van der Waals surface area contributed by atoms with E-state index >= 15 is 0 Å². The van der Waals surface area contributed by atoms with Crippen LogP contribution in [-0.2, 0) is 28.7 Å². The Bertz CT molecular complexity index is 612. The van der Waals surface area contributed by atoms with Gasteiger partial charge in [-0.2, -0.15) is 0 Å². The average molecular weight is 395 g/mol. The maximum atomic E-state index is 12.6. The summed E-state index contributed by atoms with van der Waals surface area (Å²) in [6.07, 6.45) is 5.42. The fraction of sp³-hybridized carbons (Fsp3) is 0.818. The van der Waals surface area contributed by atoms with Crippen LogP contribution in [0.5, 0.6) is 0 Å². The normalized spacial score (nSPS) is 30.4. The summed E-state index contributed by atoms with van der Waals surface area (Å²) in [5.74, 6) is -0.0789. The minimum absolute atomic E-state index is 0.108. The molecule has 2 fully saturated rings. The van der Waals surface area contributed by atoms with Gasteiger partial charge in [-0.3, -0.25) is 19.2 Å². The summed E-state index contributed by atoms with van der Waals surface area (Å²) in [6, 6.07) is 0. The SMILES string of the molecule is CC(=O)OC(C)CCCC(=O)CCC1C(=O)CCC2(C)C(OC(C)=O)CCC12. The molecule has 158 valence electrons. The van der Waals surface area contributed by atoms with Gasteiger partial charge in [0.05, 0.1) is 6.10 Å². The highest BCUT2D eigenvalue weighted by molar-refractivity contribution is 5.84. The lowest BCUT2D eigenvalue weighted by atomic mass is 9.62. The number of hydrogen-bond donors (Lipinski definition) is 0. The molecule has 2 rings (SSSR count). The van der Waals surface area contributed by atoms with E-state index in [-0.39, 0.29) is 53.0 Å². The first-order valence-corrected chi connectivity index (χ1v) is 10.5. The minimum Gasteiger partial charge on any atom is -0.463 e. The second-order valence-electron chi connectivity index (χ2n) is 8.75. The van der Waals surface area contributed by atoms with Gasteiger partial charge in [0.25, 0.3) is 0 Å². The summed E-state index contributed by atoms with van der Waals surface area (Å²) in [6.45, 7) is 6.78. The van der Waals surface area contributed by atoms with Gasteiger partial charge in [0, 0.05) is 44.4 Å². The van der Waals surface area contributed by atoms with Crippen LogP contribution in [0, 0.1) is 17.3 Å². The first-order chi connectivity index (χ1) is 13.1. The van der Waals surface area contributed by atoms with Crippen molar-refractivity contribution in [1.82, 2.24) is 0 Å². The Morgan fingerprint density at radius 2 is 1.86 bits per heavy atom. The average Bonchev–Trinajstić information content (AvgIpc) is 2.90. The molecule has 5 atom stereocenters. The number of carbonyl (C=O) groups excluding carboxylic acids is 4. The van der Waals surface area contributed by atoms with E-state index in [0.29, 0.717) is 38.5 Å². The molecule has 0 heterocycles. The zero-order chi connectivity index (χ0) is 20.9. The monoisotopic (exact) mass is 394 g/mol. The molecule has 0 aliphatic heterocycles. The third kappa shape index (κ3) is 5.65. The molecular weight excluding hydrogens is 360 g/mol. The van der Waals surface area contributed by atoms with E-state index in [9.17, 15) is 19.2 Å². The van der Waals surface area contributed by atoms with Crippen LogP contribution in [0.1, 0.15) is 85.5 Å². The van der Waals surface area contributed by atoms with Crippen molar-refractivity contribution in [2.45, 2.75) is 97.7 Å². The Balaban J connectivity index is 1.84. The van der Waals surface area contributed by atoms with Crippen molar-refractivity contribution < 1.29 is 28.7 Å². The van der Waals surface area contributed by atoms with Crippen molar-refractivity contribution in [3.05, 3.63) is 0 Å². The number of esters is 2. The molecule has 0 bridgehead atoms. The lowest BCUT2D eigenvalue weighted by Gasteiger charge is -2.43. The van der Waals surface area contributed by atoms with E-state index < -0.39 is 0 Å². The molecule has 0 radical (unpaired) electrons. The predicted octanol–water partition coefficient (Wildman–Crippen LogP) is 3.78. The number of ether oxygens (including phenoxy) is 2. The van der Waals surface area contributed by atoms with Crippen molar-refractivity contribution in [3.8, 4) is 0 Å². The molecule has 5 unspecified atom stereocenters. The van der Waals surface area contributed by atoms with Crippen LogP contribution in [0.4, 0.5) is 0 Å². The molecule has 0 aromatic carbocycles. The number of fused-ring (bicyclic) bond motifs is 1. The molecule has 6 heteroatoms. The third-order valence-corrected chi connectivity index (χ3v) is 6.61. The van der Waals surface area contributed by atoms with Crippen molar-refractivity contribution >= 4 is 23.5 Å². The minimum atomic E-state index is -0.304. The second-order valence-corrected chi connectivity index (χ2v) is 8.75. The Labute approximate surface area is 167 Å². The van der Waals surface area contributed by atoms with Crippen molar-refractivity contribution in [3.63, 3.8) is 0 Å². The Hall–Kier alpha value is -1.72. The lowest BCUT2D eigenvalue weighted by Crippen LogP contribution is -2.44. The molecule has 28 heavy (non-hydrogen) atoms. The number of hydrogen-bond acceptors (Lipinski definition) is 6. The molecule has 2 aliphatic carbocycles. The van der Waals surface area contributed by atoms with Gasteiger partial charge in [-0.05, 0) is 51.4 Å². The van der Waals surface area contributed by atoms with Crippen LogP contribution in [-0.4, -0.2) is 35.7 Å². The Morgan fingerprint density at radius 1 is 1.14 bits per heavy atom. The third-order valence-electron chi connectivity index (χ3n) is 6.61. The van der Waals surface area contributed by atoms with Gasteiger partial charge in [-0.15, -0.1) is 0 Å².